The number of rotatable bonds is 7. The van der Waals surface area contributed by atoms with E-state index in [1.165, 1.54) is 10.6 Å². The first-order chi connectivity index (χ1) is 14.1. The van der Waals surface area contributed by atoms with E-state index in [1.54, 1.807) is 12.1 Å². The first-order valence-electron chi connectivity index (χ1n) is 9.24. The van der Waals surface area contributed by atoms with Crippen LogP contribution in [0.1, 0.15) is 11.3 Å². The summed E-state index contributed by atoms with van der Waals surface area (Å²) in [4.78, 5) is 23.6. The standard InChI is InChI=1S/C21H20ClN5O2/c22-17-8-6-16(7-9-17)20-24-21-23-18(12-19(29)27(21)25-20)14-26(10-11-28)13-15-4-2-1-3-5-15/h1-9,12,28H,10-11,13-14H2,(H,23,24,25). The van der Waals surface area contributed by atoms with Crippen molar-refractivity contribution in [3.05, 3.63) is 87.3 Å². The van der Waals surface area contributed by atoms with Gasteiger partial charge in [-0.3, -0.25) is 14.8 Å². The molecule has 2 N–H and O–H groups in total. The summed E-state index contributed by atoms with van der Waals surface area (Å²) in [5, 5.41) is 13.0. The molecule has 0 aliphatic rings. The van der Waals surface area contributed by atoms with Crippen LogP contribution in [0, 0.1) is 0 Å². The summed E-state index contributed by atoms with van der Waals surface area (Å²) in [6.07, 6.45) is 0. The topological polar surface area (TPSA) is 86.5 Å². The monoisotopic (exact) mass is 409 g/mol. The molecule has 2 heterocycles. The lowest BCUT2D eigenvalue weighted by Gasteiger charge is -2.20. The van der Waals surface area contributed by atoms with Crippen LogP contribution in [-0.2, 0) is 13.1 Å². The van der Waals surface area contributed by atoms with E-state index in [1.807, 2.05) is 47.4 Å². The molecular weight excluding hydrogens is 390 g/mol. The van der Waals surface area contributed by atoms with Gasteiger partial charge < -0.3 is 5.11 Å². The van der Waals surface area contributed by atoms with Gasteiger partial charge in [0.25, 0.3) is 11.3 Å². The van der Waals surface area contributed by atoms with Crippen molar-refractivity contribution in [1.82, 2.24) is 24.5 Å². The second kappa shape index (κ2) is 8.57. The van der Waals surface area contributed by atoms with Crippen molar-refractivity contribution in [3.8, 4) is 11.4 Å². The summed E-state index contributed by atoms with van der Waals surface area (Å²) in [5.74, 6) is 0.848. The number of benzene rings is 2. The summed E-state index contributed by atoms with van der Waals surface area (Å²) in [7, 11) is 0. The number of aromatic nitrogens is 4. The van der Waals surface area contributed by atoms with Crippen molar-refractivity contribution < 1.29 is 5.11 Å². The molecule has 0 radical (unpaired) electrons. The molecule has 29 heavy (non-hydrogen) atoms. The van der Waals surface area contributed by atoms with Crippen molar-refractivity contribution in [2.75, 3.05) is 13.2 Å². The molecule has 2 aromatic heterocycles. The van der Waals surface area contributed by atoms with Gasteiger partial charge in [0, 0.05) is 36.3 Å². The third-order valence-electron chi connectivity index (χ3n) is 4.55. The summed E-state index contributed by atoms with van der Waals surface area (Å²) < 4.78 is 1.32. The normalized spacial score (nSPS) is 11.4. The molecule has 0 unspecified atom stereocenters. The number of hydrogen-bond donors (Lipinski definition) is 2. The van der Waals surface area contributed by atoms with Gasteiger partial charge in [-0.2, -0.15) is 9.50 Å². The van der Waals surface area contributed by atoms with Crippen molar-refractivity contribution in [2.45, 2.75) is 13.1 Å². The average molecular weight is 410 g/mol. The van der Waals surface area contributed by atoms with Crippen LogP contribution in [0.4, 0.5) is 0 Å². The lowest BCUT2D eigenvalue weighted by molar-refractivity contribution is 0.183. The highest BCUT2D eigenvalue weighted by Crippen LogP contribution is 2.18. The highest BCUT2D eigenvalue weighted by atomic mass is 35.5. The van der Waals surface area contributed by atoms with Gasteiger partial charge in [-0.05, 0) is 29.8 Å². The third-order valence-corrected chi connectivity index (χ3v) is 4.80. The molecule has 148 valence electrons. The minimum atomic E-state index is -0.235. The maximum absolute atomic E-state index is 12.6. The van der Waals surface area contributed by atoms with Crippen molar-refractivity contribution in [2.24, 2.45) is 0 Å². The fraction of sp³-hybridized carbons (Fsp3) is 0.190. The Morgan fingerprint density at radius 1 is 1.03 bits per heavy atom. The van der Waals surface area contributed by atoms with Crippen molar-refractivity contribution in [1.29, 1.82) is 0 Å². The number of H-pyrrole nitrogens is 1. The molecule has 0 saturated carbocycles. The molecule has 0 spiro atoms. The van der Waals surface area contributed by atoms with Gasteiger partial charge in [0.05, 0.1) is 12.3 Å². The van der Waals surface area contributed by atoms with Crippen LogP contribution in [-0.4, -0.2) is 42.7 Å². The van der Waals surface area contributed by atoms with Gasteiger partial charge in [-0.1, -0.05) is 41.9 Å². The Balaban J connectivity index is 1.61. The number of aliphatic hydroxyl groups excluding tert-OH is 1. The van der Waals surface area contributed by atoms with Crippen LogP contribution >= 0.6 is 11.6 Å². The van der Waals surface area contributed by atoms with E-state index < -0.39 is 0 Å². The molecule has 0 atom stereocenters. The number of aromatic amines is 1. The lowest BCUT2D eigenvalue weighted by Crippen LogP contribution is -2.28. The minimum Gasteiger partial charge on any atom is -0.395 e. The Hall–Kier alpha value is -3.00. The first-order valence-corrected chi connectivity index (χ1v) is 9.62. The van der Waals surface area contributed by atoms with E-state index in [2.05, 4.69) is 15.1 Å². The van der Waals surface area contributed by atoms with Crippen LogP contribution in [0.3, 0.4) is 0 Å². The van der Waals surface area contributed by atoms with E-state index >= 15 is 0 Å². The highest BCUT2D eigenvalue weighted by molar-refractivity contribution is 6.30. The molecule has 2 aromatic carbocycles. The lowest BCUT2D eigenvalue weighted by atomic mass is 10.2. The third kappa shape index (κ3) is 4.54. The summed E-state index contributed by atoms with van der Waals surface area (Å²) in [6.45, 7) is 1.59. The summed E-state index contributed by atoms with van der Waals surface area (Å²) in [6, 6.07) is 18.7. The predicted molar refractivity (Wildman–Crippen MR) is 112 cm³/mol. The quantitative estimate of drug-likeness (QED) is 0.490. The van der Waals surface area contributed by atoms with Crippen LogP contribution in [0.2, 0.25) is 5.02 Å². The maximum Gasteiger partial charge on any atom is 0.274 e. The molecule has 0 aliphatic heterocycles. The molecule has 0 amide bonds. The molecule has 7 nitrogen and oxygen atoms in total. The second-order valence-electron chi connectivity index (χ2n) is 6.72. The minimum absolute atomic E-state index is 0.0250. The van der Waals surface area contributed by atoms with Gasteiger partial charge >= 0.3 is 0 Å². The Morgan fingerprint density at radius 2 is 1.79 bits per heavy atom. The first kappa shape index (κ1) is 19.3. The number of fused-ring (bicyclic) bond motifs is 1. The van der Waals surface area contributed by atoms with E-state index in [9.17, 15) is 9.90 Å². The molecule has 0 aliphatic carbocycles. The Bertz CT molecular complexity index is 1160. The zero-order valence-corrected chi connectivity index (χ0v) is 16.4. The average Bonchev–Trinajstić information content (AvgIpc) is 3.14. The fourth-order valence-corrected chi connectivity index (χ4v) is 3.30. The van der Waals surface area contributed by atoms with E-state index in [4.69, 9.17) is 11.6 Å². The van der Waals surface area contributed by atoms with E-state index in [0.717, 1.165) is 11.1 Å². The number of aliphatic hydroxyl groups is 1. The zero-order valence-electron chi connectivity index (χ0n) is 15.6. The number of hydrogen-bond acceptors (Lipinski definition) is 5. The number of nitrogens with zero attached hydrogens (tertiary/aromatic N) is 4. The van der Waals surface area contributed by atoms with Gasteiger partial charge in [-0.15, -0.1) is 0 Å². The number of nitrogens with one attached hydrogen (secondary N) is 1. The number of halogens is 1. The molecular formula is C21H20ClN5O2. The van der Waals surface area contributed by atoms with Crippen LogP contribution in [0.25, 0.3) is 17.2 Å². The molecule has 8 heteroatoms. The SMILES string of the molecule is O=c1cc(CN(CCO)Cc2ccccc2)nc2nc(-c3ccc(Cl)cc3)[nH]n12. The molecule has 0 bridgehead atoms. The van der Waals surface area contributed by atoms with Crippen LogP contribution in [0.15, 0.2) is 65.5 Å². The van der Waals surface area contributed by atoms with Gasteiger partial charge in [-0.25, -0.2) is 4.98 Å². The van der Waals surface area contributed by atoms with Gasteiger partial charge in [0.15, 0.2) is 5.82 Å². The second-order valence-corrected chi connectivity index (χ2v) is 7.16. The van der Waals surface area contributed by atoms with Crippen LogP contribution < -0.4 is 5.56 Å². The van der Waals surface area contributed by atoms with E-state index in [0.29, 0.717) is 42.0 Å². The summed E-state index contributed by atoms with van der Waals surface area (Å²) in [5.41, 5.74) is 2.31. The summed E-state index contributed by atoms with van der Waals surface area (Å²) >= 11 is 5.94. The Labute approximate surface area is 172 Å². The Morgan fingerprint density at radius 3 is 2.52 bits per heavy atom. The fourth-order valence-electron chi connectivity index (χ4n) is 3.17. The molecule has 4 aromatic rings. The van der Waals surface area contributed by atoms with Crippen molar-refractivity contribution >= 4 is 17.4 Å². The van der Waals surface area contributed by atoms with Gasteiger partial charge in [0.2, 0.25) is 0 Å². The largest absolute Gasteiger partial charge is 0.395 e. The smallest absolute Gasteiger partial charge is 0.274 e. The molecule has 4 rings (SSSR count). The van der Waals surface area contributed by atoms with Crippen LogP contribution in [0.5, 0.6) is 0 Å². The highest BCUT2D eigenvalue weighted by Gasteiger charge is 2.13. The molecule has 0 fully saturated rings. The Kier molecular flexibility index (Phi) is 5.71. The van der Waals surface area contributed by atoms with E-state index in [-0.39, 0.29) is 12.2 Å². The maximum atomic E-state index is 12.6. The van der Waals surface area contributed by atoms with Crippen molar-refractivity contribution in [3.63, 3.8) is 0 Å². The predicted octanol–water partition coefficient (Wildman–Crippen LogP) is 2.73. The van der Waals surface area contributed by atoms with Gasteiger partial charge in [0.1, 0.15) is 0 Å². The zero-order chi connectivity index (χ0) is 20.2. The molecule has 0 saturated heterocycles.